The maximum atomic E-state index is 12.7. The van der Waals surface area contributed by atoms with Gasteiger partial charge in [0.1, 0.15) is 0 Å². The quantitative estimate of drug-likeness (QED) is 0.612. The largest absolute Gasteiger partial charge is 0.376 e. The molecule has 150 valence electrons. The Kier molecular flexibility index (Phi) is 7.88. The van der Waals surface area contributed by atoms with Crippen LogP contribution in [0.5, 0.6) is 0 Å². The highest BCUT2D eigenvalue weighted by Gasteiger charge is 2.23. The number of hydrogen-bond acceptors (Lipinski definition) is 4. The molecule has 6 nitrogen and oxygen atoms in total. The molecule has 2 N–H and O–H groups in total. The van der Waals surface area contributed by atoms with E-state index in [4.69, 9.17) is 4.74 Å². The van der Waals surface area contributed by atoms with Crippen LogP contribution in [0, 0.1) is 0 Å². The van der Waals surface area contributed by atoms with Gasteiger partial charge in [-0.3, -0.25) is 4.79 Å². The van der Waals surface area contributed by atoms with Gasteiger partial charge in [0.25, 0.3) is 0 Å². The van der Waals surface area contributed by atoms with Crippen LogP contribution in [0.25, 0.3) is 0 Å². The third-order valence-electron chi connectivity index (χ3n) is 4.45. The van der Waals surface area contributed by atoms with Crippen molar-refractivity contribution in [3.8, 4) is 0 Å². The minimum absolute atomic E-state index is 0.0211. The normalized spacial score (nSPS) is 16.0. The second-order valence-electron chi connectivity index (χ2n) is 6.63. The number of carbonyl (C=O) groups is 2. The summed E-state index contributed by atoms with van der Waals surface area (Å²) in [6, 6.07) is 11.0. The van der Waals surface area contributed by atoms with E-state index < -0.39 is 0 Å². The fourth-order valence-corrected chi connectivity index (χ4v) is 4.01. The number of ether oxygens (including phenoxy) is 1. The summed E-state index contributed by atoms with van der Waals surface area (Å²) in [6.07, 6.45) is 2.40. The van der Waals surface area contributed by atoms with Crippen molar-refractivity contribution in [1.82, 2.24) is 10.2 Å². The van der Waals surface area contributed by atoms with Crippen LogP contribution in [-0.2, 0) is 16.1 Å². The zero-order valence-electron chi connectivity index (χ0n) is 15.5. The number of thiophene rings is 1. The highest BCUT2D eigenvalue weighted by Crippen LogP contribution is 2.18. The van der Waals surface area contributed by atoms with Crippen molar-refractivity contribution in [2.24, 2.45) is 0 Å². The summed E-state index contributed by atoms with van der Waals surface area (Å²) in [4.78, 5) is 27.7. The average Bonchev–Trinajstić information content (AvgIpc) is 3.37. The Balaban J connectivity index is 1.46. The molecule has 2 aromatic rings. The third kappa shape index (κ3) is 6.61. The molecular formula is C20H24BrN3O3S. The van der Waals surface area contributed by atoms with Gasteiger partial charge in [0, 0.05) is 41.2 Å². The lowest BCUT2D eigenvalue weighted by Crippen LogP contribution is -2.39. The van der Waals surface area contributed by atoms with Crippen LogP contribution in [0.4, 0.5) is 10.5 Å². The number of amides is 3. The van der Waals surface area contributed by atoms with Crippen LogP contribution < -0.4 is 10.6 Å². The van der Waals surface area contributed by atoms with E-state index >= 15 is 0 Å². The van der Waals surface area contributed by atoms with Crippen LogP contribution in [0.1, 0.15) is 24.1 Å². The number of halogens is 1. The van der Waals surface area contributed by atoms with Crippen molar-refractivity contribution in [2.75, 3.05) is 25.0 Å². The minimum Gasteiger partial charge on any atom is -0.376 e. The fraction of sp³-hybridized carbons (Fsp3) is 0.400. The molecule has 1 atom stereocenters. The number of rotatable bonds is 8. The molecule has 1 aliphatic heterocycles. The van der Waals surface area contributed by atoms with Crippen LogP contribution in [-0.4, -0.2) is 42.6 Å². The predicted octanol–water partition coefficient (Wildman–Crippen LogP) is 4.23. The highest BCUT2D eigenvalue weighted by molar-refractivity contribution is 9.10. The molecule has 0 bridgehead atoms. The fourth-order valence-electron chi connectivity index (χ4n) is 3.03. The second kappa shape index (κ2) is 10.6. The van der Waals surface area contributed by atoms with E-state index in [1.165, 1.54) is 0 Å². The van der Waals surface area contributed by atoms with Crippen LogP contribution in [0.2, 0.25) is 0 Å². The molecule has 0 spiro atoms. The molecule has 0 aliphatic carbocycles. The van der Waals surface area contributed by atoms with Gasteiger partial charge in [0.15, 0.2) is 0 Å². The summed E-state index contributed by atoms with van der Waals surface area (Å²) >= 11 is 5.00. The molecular weight excluding hydrogens is 442 g/mol. The maximum absolute atomic E-state index is 12.7. The summed E-state index contributed by atoms with van der Waals surface area (Å²) < 4.78 is 6.64. The topological polar surface area (TPSA) is 70.7 Å². The molecule has 8 heteroatoms. The number of benzene rings is 1. The van der Waals surface area contributed by atoms with Crippen LogP contribution >= 0.6 is 27.3 Å². The van der Waals surface area contributed by atoms with E-state index in [0.717, 1.165) is 28.8 Å². The first-order chi connectivity index (χ1) is 13.6. The van der Waals surface area contributed by atoms with Crippen molar-refractivity contribution >= 4 is 44.9 Å². The molecule has 0 saturated carbocycles. The monoisotopic (exact) mass is 465 g/mol. The summed E-state index contributed by atoms with van der Waals surface area (Å²) in [5, 5.41) is 7.51. The summed E-state index contributed by atoms with van der Waals surface area (Å²) in [5.74, 6) is 0.0211. The summed E-state index contributed by atoms with van der Waals surface area (Å²) in [5.41, 5.74) is 0.699. The molecule has 3 rings (SSSR count). The molecule has 1 aromatic heterocycles. The summed E-state index contributed by atoms with van der Waals surface area (Å²) in [6.45, 7) is 2.24. The Morgan fingerprint density at radius 3 is 2.75 bits per heavy atom. The van der Waals surface area contributed by atoms with Crippen molar-refractivity contribution < 1.29 is 14.3 Å². The van der Waals surface area contributed by atoms with Crippen LogP contribution in [0.3, 0.4) is 0 Å². The molecule has 0 radical (unpaired) electrons. The van der Waals surface area contributed by atoms with E-state index in [0.29, 0.717) is 18.8 Å². The molecule has 28 heavy (non-hydrogen) atoms. The molecule has 1 aliphatic rings. The standard InChI is InChI=1S/C20H24BrN3O3S/c21-15-5-7-16(8-6-15)23-20(26)22-10-9-19(25)24(13-17-3-1-11-27-17)14-18-4-2-12-28-18/h2,4-8,12,17H,1,3,9-11,13-14H2,(H2,22,23,26). The van der Waals surface area contributed by atoms with Gasteiger partial charge in [-0.1, -0.05) is 22.0 Å². The summed E-state index contributed by atoms with van der Waals surface area (Å²) in [7, 11) is 0. The van der Waals surface area contributed by atoms with Crippen molar-refractivity contribution in [1.29, 1.82) is 0 Å². The Hall–Kier alpha value is -1.90. The zero-order valence-corrected chi connectivity index (χ0v) is 17.9. The zero-order chi connectivity index (χ0) is 19.8. The Morgan fingerprint density at radius 2 is 2.07 bits per heavy atom. The van der Waals surface area contributed by atoms with Gasteiger partial charge in [-0.05, 0) is 48.6 Å². The first kappa shape index (κ1) is 20.8. The predicted molar refractivity (Wildman–Crippen MR) is 114 cm³/mol. The number of nitrogens with zero attached hydrogens (tertiary/aromatic N) is 1. The van der Waals surface area contributed by atoms with Crippen molar-refractivity contribution in [3.63, 3.8) is 0 Å². The molecule has 1 unspecified atom stereocenters. The minimum atomic E-state index is -0.320. The number of carbonyl (C=O) groups excluding carboxylic acids is 2. The number of anilines is 1. The van der Waals surface area contributed by atoms with Crippen LogP contribution in [0.15, 0.2) is 46.3 Å². The van der Waals surface area contributed by atoms with Gasteiger partial charge in [0.2, 0.25) is 5.91 Å². The van der Waals surface area contributed by atoms with Gasteiger partial charge >= 0.3 is 6.03 Å². The van der Waals surface area contributed by atoms with E-state index in [-0.39, 0.29) is 31.0 Å². The Morgan fingerprint density at radius 1 is 1.25 bits per heavy atom. The molecule has 2 heterocycles. The lowest BCUT2D eigenvalue weighted by atomic mass is 10.2. The number of nitrogens with one attached hydrogen (secondary N) is 2. The second-order valence-corrected chi connectivity index (χ2v) is 8.57. The SMILES string of the molecule is O=C(NCCC(=O)N(Cc1cccs1)CC1CCCO1)Nc1ccc(Br)cc1. The van der Waals surface area contributed by atoms with E-state index in [2.05, 4.69) is 26.6 Å². The molecule has 1 saturated heterocycles. The maximum Gasteiger partial charge on any atom is 0.319 e. The first-order valence-electron chi connectivity index (χ1n) is 9.32. The van der Waals surface area contributed by atoms with Gasteiger partial charge in [-0.2, -0.15) is 0 Å². The van der Waals surface area contributed by atoms with Crippen molar-refractivity contribution in [2.45, 2.75) is 31.9 Å². The Labute approximate surface area is 177 Å². The first-order valence-corrected chi connectivity index (χ1v) is 11.0. The molecule has 1 fully saturated rings. The number of hydrogen-bond donors (Lipinski definition) is 2. The highest BCUT2D eigenvalue weighted by atomic mass is 79.9. The Bertz CT molecular complexity index is 762. The van der Waals surface area contributed by atoms with Gasteiger partial charge in [-0.25, -0.2) is 4.79 Å². The lowest BCUT2D eigenvalue weighted by Gasteiger charge is -2.25. The molecule has 1 aromatic carbocycles. The lowest BCUT2D eigenvalue weighted by molar-refractivity contribution is -0.133. The van der Waals surface area contributed by atoms with Crippen molar-refractivity contribution in [3.05, 3.63) is 51.1 Å². The number of urea groups is 1. The third-order valence-corrected chi connectivity index (χ3v) is 5.84. The average molecular weight is 466 g/mol. The van der Waals surface area contributed by atoms with Gasteiger partial charge in [-0.15, -0.1) is 11.3 Å². The van der Waals surface area contributed by atoms with Gasteiger partial charge < -0.3 is 20.3 Å². The van der Waals surface area contributed by atoms with Gasteiger partial charge in [0.05, 0.1) is 12.6 Å². The van der Waals surface area contributed by atoms with E-state index in [1.807, 2.05) is 34.5 Å². The van der Waals surface area contributed by atoms with E-state index in [9.17, 15) is 9.59 Å². The van der Waals surface area contributed by atoms with E-state index in [1.54, 1.807) is 23.5 Å². The smallest absolute Gasteiger partial charge is 0.319 e. The molecule has 3 amide bonds.